The monoisotopic (exact) mass is 377 g/mol. The van der Waals surface area contributed by atoms with E-state index >= 15 is 0 Å². The first-order chi connectivity index (χ1) is 13.5. The molecule has 0 N–H and O–H groups in total. The molecule has 1 amide bonds. The van der Waals surface area contributed by atoms with E-state index in [0.717, 1.165) is 41.1 Å². The number of nitrogens with zero attached hydrogens (tertiary/aromatic N) is 3. The molecule has 0 saturated carbocycles. The second-order valence-electron chi connectivity index (χ2n) is 7.68. The van der Waals surface area contributed by atoms with Crippen LogP contribution < -0.4 is 9.64 Å². The van der Waals surface area contributed by atoms with Crippen molar-refractivity contribution >= 4 is 17.3 Å². The first-order valence-corrected chi connectivity index (χ1v) is 9.88. The molecule has 1 aliphatic carbocycles. The highest BCUT2D eigenvalue weighted by molar-refractivity contribution is 6.07. The summed E-state index contributed by atoms with van der Waals surface area (Å²) in [6.07, 6.45) is 2.43. The third-order valence-electron chi connectivity index (χ3n) is 5.84. The summed E-state index contributed by atoms with van der Waals surface area (Å²) in [6, 6.07) is 14.6. The summed E-state index contributed by atoms with van der Waals surface area (Å²) in [7, 11) is 5.74. The lowest BCUT2D eigenvalue weighted by molar-refractivity contribution is -0.133. The Balaban J connectivity index is 1.77. The number of hydrogen-bond acceptors (Lipinski definition) is 4. The number of amides is 1. The Bertz CT molecular complexity index is 918. The summed E-state index contributed by atoms with van der Waals surface area (Å²) in [6.45, 7) is 1.90. The van der Waals surface area contributed by atoms with Gasteiger partial charge in [0.1, 0.15) is 5.75 Å². The van der Waals surface area contributed by atoms with E-state index < -0.39 is 0 Å². The van der Waals surface area contributed by atoms with Gasteiger partial charge in [0.2, 0.25) is 5.91 Å². The molecule has 1 aliphatic heterocycles. The SMILES string of the molecule is CCC(=O)N1N=C2c3cc(OC)ccc3CC[C@H]2[C@@H]1c1ccc(N(C)C)cc1. The zero-order valence-corrected chi connectivity index (χ0v) is 17.0. The molecule has 146 valence electrons. The molecule has 2 aliphatic rings. The van der Waals surface area contributed by atoms with Gasteiger partial charge >= 0.3 is 0 Å². The van der Waals surface area contributed by atoms with Crippen LogP contribution in [0.25, 0.3) is 0 Å². The van der Waals surface area contributed by atoms with E-state index in [0.29, 0.717) is 6.42 Å². The van der Waals surface area contributed by atoms with Gasteiger partial charge in [0, 0.05) is 37.7 Å². The van der Waals surface area contributed by atoms with E-state index in [9.17, 15) is 4.79 Å². The van der Waals surface area contributed by atoms with Crippen LogP contribution >= 0.6 is 0 Å². The molecule has 2 aromatic carbocycles. The van der Waals surface area contributed by atoms with Crippen LogP contribution in [0.3, 0.4) is 0 Å². The molecule has 0 spiro atoms. The quantitative estimate of drug-likeness (QED) is 0.808. The molecular weight excluding hydrogens is 350 g/mol. The number of hydrogen-bond donors (Lipinski definition) is 0. The van der Waals surface area contributed by atoms with Crippen molar-refractivity contribution in [1.82, 2.24) is 5.01 Å². The molecule has 0 fully saturated rings. The van der Waals surface area contributed by atoms with E-state index in [1.165, 1.54) is 5.56 Å². The molecule has 2 aromatic rings. The van der Waals surface area contributed by atoms with Gasteiger partial charge in [-0.2, -0.15) is 5.10 Å². The minimum atomic E-state index is -0.0435. The van der Waals surface area contributed by atoms with Crippen LogP contribution in [0.1, 0.15) is 42.5 Å². The van der Waals surface area contributed by atoms with Crippen LogP contribution in [0.15, 0.2) is 47.6 Å². The van der Waals surface area contributed by atoms with E-state index in [2.05, 4.69) is 41.3 Å². The maximum absolute atomic E-state index is 12.7. The molecule has 28 heavy (non-hydrogen) atoms. The molecule has 0 aromatic heterocycles. The number of methoxy groups -OCH3 is 1. The Morgan fingerprint density at radius 3 is 2.61 bits per heavy atom. The minimum Gasteiger partial charge on any atom is -0.497 e. The van der Waals surface area contributed by atoms with Gasteiger partial charge in [-0.3, -0.25) is 4.79 Å². The normalized spacial score (nSPS) is 20.3. The predicted octanol–water partition coefficient (Wildman–Crippen LogP) is 4.02. The average Bonchev–Trinajstić information content (AvgIpc) is 3.12. The standard InChI is InChI=1S/C23H27N3O2/c1-5-21(27)26-23(16-6-10-17(11-7-16)25(2)3)19-13-9-15-8-12-18(28-4)14-20(15)22(19)24-26/h6-8,10-12,14,19,23H,5,9,13H2,1-4H3/t19-,23+/m1/s1. The maximum atomic E-state index is 12.7. The number of anilines is 1. The fourth-order valence-electron chi connectivity index (χ4n) is 4.29. The molecule has 4 rings (SSSR count). The predicted molar refractivity (Wildman–Crippen MR) is 112 cm³/mol. The summed E-state index contributed by atoms with van der Waals surface area (Å²) in [4.78, 5) is 14.8. The van der Waals surface area contributed by atoms with Gasteiger partial charge in [0.15, 0.2) is 0 Å². The summed E-state index contributed by atoms with van der Waals surface area (Å²) in [5.41, 5.74) is 5.71. The fourth-order valence-corrected chi connectivity index (χ4v) is 4.29. The Hall–Kier alpha value is -2.82. The number of fused-ring (bicyclic) bond motifs is 3. The van der Waals surface area contributed by atoms with Gasteiger partial charge in [0.25, 0.3) is 0 Å². The Morgan fingerprint density at radius 2 is 1.96 bits per heavy atom. The van der Waals surface area contributed by atoms with Crippen molar-refractivity contribution in [3.63, 3.8) is 0 Å². The van der Waals surface area contributed by atoms with Crippen molar-refractivity contribution in [1.29, 1.82) is 0 Å². The van der Waals surface area contributed by atoms with Crippen molar-refractivity contribution < 1.29 is 9.53 Å². The van der Waals surface area contributed by atoms with Crippen LogP contribution in [0.2, 0.25) is 0 Å². The van der Waals surface area contributed by atoms with Crippen LogP contribution in [0.4, 0.5) is 5.69 Å². The summed E-state index contributed by atoms with van der Waals surface area (Å²) in [5, 5.41) is 6.57. The van der Waals surface area contributed by atoms with Crippen molar-refractivity contribution in [2.24, 2.45) is 11.0 Å². The highest BCUT2D eigenvalue weighted by Crippen LogP contribution is 2.44. The van der Waals surface area contributed by atoms with Crippen LogP contribution in [0.5, 0.6) is 5.75 Å². The number of carbonyl (C=O) groups excluding carboxylic acids is 1. The molecule has 2 atom stereocenters. The number of benzene rings is 2. The topological polar surface area (TPSA) is 45.1 Å². The largest absolute Gasteiger partial charge is 0.497 e. The van der Waals surface area contributed by atoms with Gasteiger partial charge in [-0.05, 0) is 48.2 Å². The van der Waals surface area contributed by atoms with Gasteiger partial charge in [-0.25, -0.2) is 5.01 Å². The molecule has 1 heterocycles. The second-order valence-corrected chi connectivity index (χ2v) is 7.68. The van der Waals surface area contributed by atoms with E-state index in [-0.39, 0.29) is 17.9 Å². The van der Waals surface area contributed by atoms with E-state index in [4.69, 9.17) is 9.84 Å². The molecule has 0 saturated heterocycles. The van der Waals surface area contributed by atoms with Crippen LogP contribution in [-0.2, 0) is 11.2 Å². The lowest BCUT2D eigenvalue weighted by Crippen LogP contribution is -2.31. The van der Waals surface area contributed by atoms with Crippen LogP contribution in [-0.4, -0.2) is 37.8 Å². The Kier molecular flexibility index (Phi) is 4.84. The molecule has 5 heteroatoms. The van der Waals surface area contributed by atoms with Gasteiger partial charge in [-0.15, -0.1) is 0 Å². The third kappa shape index (κ3) is 3.05. The number of aryl methyl sites for hydroxylation is 1. The summed E-state index contributed by atoms with van der Waals surface area (Å²) in [5.74, 6) is 1.10. The fraction of sp³-hybridized carbons (Fsp3) is 0.391. The maximum Gasteiger partial charge on any atom is 0.242 e. The zero-order chi connectivity index (χ0) is 19.8. The molecule has 0 unspecified atom stereocenters. The van der Waals surface area contributed by atoms with Crippen molar-refractivity contribution in [2.45, 2.75) is 32.2 Å². The molecular formula is C23H27N3O2. The molecule has 0 radical (unpaired) electrons. The minimum absolute atomic E-state index is 0.0435. The Labute approximate surface area is 166 Å². The van der Waals surface area contributed by atoms with E-state index in [1.807, 2.05) is 27.1 Å². The highest BCUT2D eigenvalue weighted by atomic mass is 16.5. The number of rotatable bonds is 4. The first-order valence-electron chi connectivity index (χ1n) is 9.88. The summed E-state index contributed by atoms with van der Waals surface area (Å²) >= 11 is 0. The average molecular weight is 377 g/mol. The lowest BCUT2D eigenvalue weighted by Gasteiger charge is -2.30. The van der Waals surface area contributed by atoms with E-state index in [1.54, 1.807) is 12.1 Å². The summed E-state index contributed by atoms with van der Waals surface area (Å²) < 4.78 is 5.43. The molecule has 5 nitrogen and oxygen atoms in total. The number of carbonyl (C=O) groups is 1. The zero-order valence-electron chi connectivity index (χ0n) is 17.0. The smallest absolute Gasteiger partial charge is 0.242 e. The van der Waals surface area contributed by atoms with Gasteiger partial charge in [0.05, 0.1) is 18.9 Å². The highest BCUT2D eigenvalue weighted by Gasteiger charge is 2.43. The first kappa shape index (κ1) is 18.5. The van der Waals surface area contributed by atoms with Crippen molar-refractivity contribution in [3.05, 3.63) is 59.2 Å². The van der Waals surface area contributed by atoms with Crippen molar-refractivity contribution in [2.75, 3.05) is 26.1 Å². The second kappa shape index (κ2) is 7.30. The molecule has 0 bridgehead atoms. The third-order valence-corrected chi connectivity index (χ3v) is 5.84. The lowest BCUT2D eigenvalue weighted by atomic mass is 9.77. The van der Waals surface area contributed by atoms with Gasteiger partial charge < -0.3 is 9.64 Å². The van der Waals surface area contributed by atoms with Crippen LogP contribution in [0, 0.1) is 5.92 Å². The Morgan fingerprint density at radius 1 is 1.21 bits per heavy atom. The van der Waals surface area contributed by atoms with Gasteiger partial charge in [-0.1, -0.05) is 25.1 Å². The number of ether oxygens (including phenoxy) is 1. The van der Waals surface area contributed by atoms with Crippen molar-refractivity contribution in [3.8, 4) is 5.75 Å². The number of hydrazone groups is 1.